The molecule has 0 radical (unpaired) electrons. The molecule has 42 heavy (non-hydrogen) atoms. The highest BCUT2D eigenvalue weighted by Gasteiger charge is 2.47. The number of carbonyl (C=O) groups is 1. The molecule has 0 bridgehead atoms. The summed E-state index contributed by atoms with van der Waals surface area (Å²) in [7, 11) is 1.53. The fourth-order valence-corrected chi connectivity index (χ4v) is 5.11. The molecule has 11 atom stereocenters. The Bertz CT molecular complexity index is 1250. The number of Topliss-reactive ketones (excluding diaryl/α,β-unsaturated/α-hetero) is 1. The molecule has 230 valence electrons. The fourth-order valence-electron chi connectivity index (χ4n) is 5.11. The molecular formula is C28H34O14. The Morgan fingerprint density at radius 3 is 2.19 bits per heavy atom. The van der Waals surface area contributed by atoms with Gasteiger partial charge in [-0.25, -0.2) is 0 Å². The molecule has 11 unspecified atom stereocenters. The zero-order valence-electron chi connectivity index (χ0n) is 22.7. The van der Waals surface area contributed by atoms with E-state index in [0.717, 1.165) is 6.07 Å². The molecule has 3 aliphatic rings. The average Bonchev–Trinajstić information content (AvgIpc) is 2.97. The monoisotopic (exact) mass is 594 g/mol. The van der Waals surface area contributed by atoms with E-state index in [-0.39, 0.29) is 29.3 Å². The number of rotatable bonds is 7. The van der Waals surface area contributed by atoms with Crippen LogP contribution >= 0.6 is 0 Å². The van der Waals surface area contributed by atoms with E-state index in [2.05, 4.69) is 0 Å². The van der Waals surface area contributed by atoms with Crippen molar-refractivity contribution in [1.29, 1.82) is 0 Å². The number of aliphatic hydroxyl groups is 6. The third-order valence-corrected chi connectivity index (χ3v) is 7.62. The summed E-state index contributed by atoms with van der Waals surface area (Å²) < 4.78 is 33.4. The van der Waals surface area contributed by atoms with Crippen LogP contribution in [0.25, 0.3) is 0 Å². The zero-order chi connectivity index (χ0) is 30.3. The van der Waals surface area contributed by atoms with E-state index in [4.69, 9.17) is 28.4 Å². The van der Waals surface area contributed by atoms with Crippen LogP contribution in [0, 0.1) is 0 Å². The van der Waals surface area contributed by atoms with E-state index in [9.17, 15) is 40.5 Å². The molecule has 0 aromatic heterocycles. The molecule has 3 aliphatic heterocycles. The molecule has 2 aromatic rings. The van der Waals surface area contributed by atoms with Crippen LogP contribution in [-0.2, 0) is 14.2 Å². The lowest BCUT2D eigenvalue weighted by atomic mass is 9.95. The van der Waals surface area contributed by atoms with Crippen molar-refractivity contribution in [3.05, 3.63) is 47.5 Å². The van der Waals surface area contributed by atoms with Crippen LogP contribution in [-0.4, -0.2) is 117 Å². The van der Waals surface area contributed by atoms with Crippen molar-refractivity contribution >= 4 is 5.78 Å². The molecule has 14 heteroatoms. The lowest BCUT2D eigenvalue weighted by molar-refractivity contribution is -0.318. The molecule has 0 aliphatic carbocycles. The fraction of sp³-hybridized carbons (Fsp3) is 0.536. The Hall–Kier alpha value is -3.05. The van der Waals surface area contributed by atoms with Crippen molar-refractivity contribution in [3.63, 3.8) is 0 Å². The topological polar surface area (TPSA) is 214 Å². The van der Waals surface area contributed by atoms with Gasteiger partial charge in [0.25, 0.3) is 0 Å². The third-order valence-electron chi connectivity index (χ3n) is 7.62. The first kappa shape index (κ1) is 30.4. The molecule has 14 nitrogen and oxygen atoms in total. The summed E-state index contributed by atoms with van der Waals surface area (Å²) in [4.78, 5) is 12.9. The van der Waals surface area contributed by atoms with E-state index < -0.39 is 79.9 Å². The molecule has 3 heterocycles. The maximum absolute atomic E-state index is 12.9. The quantitative estimate of drug-likeness (QED) is 0.208. The highest BCUT2D eigenvalue weighted by molar-refractivity contribution is 6.02. The number of aromatic hydroxyl groups is 1. The summed E-state index contributed by atoms with van der Waals surface area (Å²) in [6, 6.07) is 9.43. The van der Waals surface area contributed by atoms with Crippen molar-refractivity contribution in [3.8, 4) is 23.0 Å². The second kappa shape index (κ2) is 12.3. The molecular weight excluding hydrogens is 560 g/mol. The Balaban J connectivity index is 1.29. The second-order valence-electron chi connectivity index (χ2n) is 10.5. The van der Waals surface area contributed by atoms with Crippen LogP contribution < -0.4 is 14.2 Å². The van der Waals surface area contributed by atoms with Gasteiger partial charge in [0.1, 0.15) is 77.4 Å². The SMILES string of the molecule is COc1ccc(C2CC(=O)c3c(O)cc(OC4OC(COC5OC(C)C(O)C(O)C5O)C(O)C(O)C4O)cc3O2)cc1. The highest BCUT2D eigenvalue weighted by atomic mass is 16.7. The van der Waals surface area contributed by atoms with Crippen LogP contribution in [0.15, 0.2) is 36.4 Å². The standard InChI is InChI=1S/C28H34O14/c1-11-21(31)23(33)25(35)27(39-11)38-10-19-22(32)24(34)26(36)28(42-19)40-14-7-15(29)20-16(30)9-17(41-18(20)8-14)12-3-5-13(37-2)6-4-12/h3-8,11,17,19,21-29,31-36H,9-10H2,1-2H3. The average molecular weight is 595 g/mol. The number of aliphatic hydroxyl groups excluding tert-OH is 6. The third kappa shape index (κ3) is 5.90. The van der Waals surface area contributed by atoms with E-state index >= 15 is 0 Å². The molecule has 0 spiro atoms. The number of phenols is 1. The number of phenolic OH excluding ortho intramolecular Hbond substituents is 1. The number of benzene rings is 2. The number of ether oxygens (including phenoxy) is 6. The number of fused-ring (bicyclic) bond motifs is 1. The summed E-state index contributed by atoms with van der Waals surface area (Å²) in [6.45, 7) is 0.995. The van der Waals surface area contributed by atoms with Crippen LogP contribution in [0.1, 0.15) is 35.4 Å². The van der Waals surface area contributed by atoms with Gasteiger partial charge in [-0.1, -0.05) is 12.1 Å². The van der Waals surface area contributed by atoms with Crippen molar-refractivity contribution in [1.82, 2.24) is 0 Å². The maximum Gasteiger partial charge on any atom is 0.229 e. The summed E-state index contributed by atoms with van der Waals surface area (Å²) in [6.07, 6.45) is -15.4. The van der Waals surface area contributed by atoms with Crippen molar-refractivity contribution < 1.29 is 69.0 Å². The second-order valence-corrected chi connectivity index (χ2v) is 10.5. The van der Waals surface area contributed by atoms with Crippen molar-refractivity contribution in [2.24, 2.45) is 0 Å². The maximum atomic E-state index is 12.9. The summed E-state index contributed by atoms with van der Waals surface area (Å²) in [5.74, 6) is -0.190. The number of hydrogen-bond donors (Lipinski definition) is 7. The number of ketones is 1. The van der Waals surface area contributed by atoms with Crippen molar-refractivity contribution in [2.45, 2.75) is 80.9 Å². The molecule has 2 saturated heterocycles. The number of carbonyl (C=O) groups excluding carboxylic acids is 1. The van der Waals surface area contributed by atoms with E-state index in [1.807, 2.05) is 0 Å². The van der Waals surface area contributed by atoms with Gasteiger partial charge in [-0.3, -0.25) is 4.79 Å². The Morgan fingerprint density at radius 2 is 1.50 bits per heavy atom. The van der Waals surface area contributed by atoms with E-state index in [1.165, 1.54) is 20.1 Å². The minimum absolute atomic E-state index is 0.0164. The number of hydrogen-bond acceptors (Lipinski definition) is 14. The van der Waals surface area contributed by atoms with E-state index in [0.29, 0.717) is 11.3 Å². The Labute approximate surface area is 240 Å². The smallest absolute Gasteiger partial charge is 0.229 e. The lowest BCUT2D eigenvalue weighted by Crippen LogP contribution is -2.61. The number of methoxy groups -OCH3 is 1. The zero-order valence-corrected chi connectivity index (χ0v) is 22.7. The van der Waals surface area contributed by atoms with Crippen LogP contribution in [0.4, 0.5) is 0 Å². The minimum atomic E-state index is -1.75. The van der Waals surface area contributed by atoms with Gasteiger partial charge in [0, 0.05) is 12.1 Å². The predicted octanol–water partition coefficient (Wildman–Crippen LogP) is -0.862. The summed E-state index contributed by atoms with van der Waals surface area (Å²) in [5.41, 5.74) is 0.668. The van der Waals surface area contributed by atoms with E-state index in [1.54, 1.807) is 24.3 Å². The van der Waals surface area contributed by atoms with Gasteiger partial charge in [-0.05, 0) is 24.6 Å². The largest absolute Gasteiger partial charge is 0.507 e. The van der Waals surface area contributed by atoms with Crippen LogP contribution in [0.2, 0.25) is 0 Å². The summed E-state index contributed by atoms with van der Waals surface area (Å²) in [5, 5.41) is 72.1. The van der Waals surface area contributed by atoms with Crippen LogP contribution in [0.3, 0.4) is 0 Å². The van der Waals surface area contributed by atoms with Gasteiger partial charge in [0.15, 0.2) is 12.1 Å². The van der Waals surface area contributed by atoms with Gasteiger partial charge in [0.2, 0.25) is 6.29 Å². The molecule has 5 rings (SSSR count). The van der Waals surface area contributed by atoms with Crippen LogP contribution in [0.5, 0.6) is 23.0 Å². The highest BCUT2D eigenvalue weighted by Crippen LogP contribution is 2.42. The van der Waals surface area contributed by atoms with Gasteiger partial charge < -0.3 is 64.2 Å². The first-order chi connectivity index (χ1) is 20.0. The first-order valence-electron chi connectivity index (χ1n) is 13.4. The normalized spacial score (nSPS) is 36.6. The molecule has 0 amide bonds. The molecule has 7 N–H and O–H groups in total. The first-order valence-corrected chi connectivity index (χ1v) is 13.4. The van der Waals surface area contributed by atoms with Gasteiger partial charge in [-0.2, -0.15) is 0 Å². The summed E-state index contributed by atoms with van der Waals surface area (Å²) >= 11 is 0. The molecule has 0 saturated carbocycles. The lowest BCUT2D eigenvalue weighted by Gasteiger charge is -2.42. The van der Waals surface area contributed by atoms with Gasteiger partial charge in [0.05, 0.1) is 26.2 Å². The Morgan fingerprint density at radius 1 is 0.833 bits per heavy atom. The van der Waals surface area contributed by atoms with Crippen molar-refractivity contribution in [2.75, 3.05) is 13.7 Å². The van der Waals surface area contributed by atoms with Gasteiger partial charge in [-0.15, -0.1) is 0 Å². The molecule has 2 fully saturated rings. The Kier molecular flexibility index (Phi) is 8.89. The minimum Gasteiger partial charge on any atom is -0.507 e. The van der Waals surface area contributed by atoms with Gasteiger partial charge >= 0.3 is 0 Å². The predicted molar refractivity (Wildman–Crippen MR) is 139 cm³/mol. The molecule has 2 aromatic carbocycles.